The van der Waals surface area contributed by atoms with Gasteiger partial charge in [-0.25, -0.2) is 17.1 Å². The van der Waals surface area contributed by atoms with E-state index in [1.165, 1.54) is 23.5 Å². The molecular weight excluding hydrogens is 427 g/mol. The molecule has 0 saturated carbocycles. The lowest BCUT2D eigenvalue weighted by Gasteiger charge is -2.24. The fourth-order valence-electron chi connectivity index (χ4n) is 3.36. The third-order valence-electron chi connectivity index (χ3n) is 5.17. The van der Waals surface area contributed by atoms with E-state index in [-0.39, 0.29) is 23.8 Å². The van der Waals surface area contributed by atoms with Crippen LogP contribution in [0.15, 0.2) is 89.8 Å². The minimum absolute atomic E-state index is 0.0301. The first kappa shape index (κ1) is 23.6. The van der Waals surface area contributed by atoms with E-state index in [1.807, 2.05) is 60.7 Å². The van der Waals surface area contributed by atoms with Gasteiger partial charge in [0.25, 0.3) is 0 Å². The van der Waals surface area contributed by atoms with E-state index in [2.05, 4.69) is 0 Å². The number of nitrogens with zero attached hydrogens (tertiary/aromatic N) is 2. The topological polar surface area (TPSA) is 57.7 Å². The highest BCUT2D eigenvalue weighted by atomic mass is 32.2. The molecule has 3 aromatic carbocycles. The van der Waals surface area contributed by atoms with Crippen LogP contribution in [-0.2, 0) is 27.9 Å². The first-order valence-corrected chi connectivity index (χ1v) is 11.9. The van der Waals surface area contributed by atoms with E-state index >= 15 is 0 Å². The Labute approximate surface area is 189 Å². The molecule has 3 aromatic rings. The minimum atomic E-state index is -3.73. The number of sulfonamides is 1. The summed E-state index contributed by atoms with van der Waals surface area (Å²) in [5.74, 6) is -0.528. The predicted octanol–water partition coefficient (Wildman–Crippen LogP) is 4.46. The van der Waals surface area contributed by atoms with E-state index in [0.717, 1.165) is 23.3 Å². The summed E-state index contributed by atoms with van der Waals surface area (Å²) >= 11 is 0. The Hall–Kier alpha value is -3.03. The average molecular weight is 455 g/mol. The Bertz CT molecular complexity index is 1060. The van der Waals surface area contributed by atoms with Crippen LogP contribution in [0.4, 0.5) is 4.39 Å². The molecule has 0 radical (unpaired) electrons. The largest absolute Gasteiger partial charge is 0.334 e. The molecule has 0 aliphatic heterocycles. The molecule has 0 atom stereocenters. The van der Waals surface area contributed by atoms with E-state index in [9.17, 15) is 17.6 Å². The number of hydrogen-bond donors (Lipinski definition) is 0. The van der Waals surface area contributed by atoms with Gasteiger partial charge in [-0.3, -0.25) is 4.79 Å². The summed E-state index contributed by atoms with van der Waals surface area (Å²) in [5, 5.41) is 0. The maximum absolute atomic E-state index is 13.1. The Kier molecular flexibility index (Phi) is 8.14. The van der Waals surface area contributed by atoms with Crippen LogP contribution in [-0.4, -0.2) is 37.1 Å². The molecule has 0 saturated heterocycles. The predicted molar refractivity (Wildman–Crippen MR) is 123 cm³/mol. The molecule has 0 aliphatic rings. The molecule has 32 heavy (non-hydrogen) atoms. The monoisotopic (exact) mass is 454 g/mol. The summed E-state index contributed by atoms with van der Waals surface area (Å²) in [6, 6.07) is 24.3. The highest BCUT2D eigenvalue weighted by Gasteiger charge is 2.21. The van der Waals surface area contributed by atoms with Gasteiger partial charge in [-0.15, -0.1) is 0 Å². The average Bonchev–Trinajstić information content (AvgIpc) is 2.80. The van der Waals surface area contributed by atoms with Crippen molar-refractivity contribution < 1.29 is 17.6 Å². The third kappa shape index (κ3) is 6.48. The second-order valence-electron chi connectivity index (χ2n) is 7.61. The lowest BCUT2D eigenvalue weighted by atomic mass is 10.1. The van der Waals surface area contributed by atoms with Crippen LogP contribution in [0.3, 0.4) is 0 Å². The van der Waals surface area contributed by atoms with Crippen molar-refractivity contribution in [2.24, 2.45) is 0 Å². The Morgan fingerprint density at radius 3 is 1.81 bits per heavy atom. The molecule has 0 aliphatic carbocycles. The molecule has 0 spiro atoms. The first-order chi connectivity index (χ1) is 15.4. The molecule has 0 bridgehead atoms. The number of amides is 1. The number of rotatable bonds is 10. The fraction of sp³-hybridized carbons (Fsp3) is 0.240. The number of benzene rings is 3. The van der Waals surface area contributed by atoms with Crippen LogP contribution in [0.1, 0.15) is 24.0 Å². The van der Waals surface area contributed by atoms with E-state index in [0.29, 0.717) is 19.5 Å². The zero-order valence-electron chi connectivity index (χ0n) is 18.0. The maximum Gasteiger partial charge on any atom is 0.242 e. The summed E-state index contributed by atoms with van der Waals surface area (Å²) in [6.45, 7) is 1.16. The number of halogens is 1. The molecule has 168 valence electrons. The summed E-state index contributed by atoms with van der Waals surface area (Å²) < 4.78 is 39.6. The van der Waals surface area contributed by atoms with Gasteiger partial charge in [0.15, 0.2) is 0 Å². The Morgan fingerprint density at radius 1 is 0.812 bits per heavy atom. The van der Waals surface area contributed by atoms with Gasteiger partial charge < -0.3 is 4.90 Å². The highest BCUT2D eigenvalue weighted by Crippen LogP contribution is 2.16. The van der Waals surface area contributed by atoms with Gasteiger partial charge in [0, 0.05) is 33.1 Å². The number of hydrogen-bond acceptors (Lipinski definition) is 3. The zero-order chi connectivity index (χ0) is 23.0. The van der Waals surface area contributed by atoms with Crippen LogP contribution in [0.2, 0.25) is 0 Å². The van der Waals surface area contributed by atoms with Gasteiger partial charge in [-0.2, -0.15) is 0 Å². The van der Waals surface area contributed by atoms with Crippen LogP contribution in [0.25, 0.3) is 0 Å². The van der Waals surface area contributed by atoms with E-state index in [1.54, 1.807) is 4.90 Å². The van der Waals surface area contributed by atoms with Gasteiger partial charge in [-0.1, -0.05) is 60.7 Å². The zero-order valence-corrected chi connectivity index (χ0v) is 18.8. The number of carbonyl (C=O) groups excluding carboxylic acids is 1. The lowest BCUT2D eigenvalue weighted by molar-refractivity contribution is -0.132. The molecule has 0 fully saturated rings. The standard InChI is InChI=1S/C25H27FN2O3S/c1-27(32(30,31)24-16-14-23(26)15-17-24)18-8-13-25(29)28(19-21-9-4-2-5-10-21)20-22-11-6-3-7-12-22/h2-7,9-12,14-17H,8,13,18-20H2,1H3. The molecule has 0 unspecified atom stereocenters. The van der Waals surface area contributed by atoms with Crippen molar-refractivity contribution in [2.45, 2.75) is 30.8 Å². The smallest absolute Gasteiger partial charge is 0.242 e. The van der Waals surface area contributed by atoms with Crippen molar-refractivity contribution in [3.05, 3.63) is 102 Å². The van der Waals surface area contributed by atoms with Crippen molar-refractivity contribution >= 4 is 15.9 Å². The molecule has 3 rings (SSSR count). The highest BCUT2D eigenvalue weighted by molar-refractivity contribution is 7.89. The van der Waals surface area contributed by atoms with Crippen molar-refractivity contribution in [3.63, 3.8) is 0 Å². The summed E-state index contributed by atoms with van der Waals surface area (Å²) in [7, 11) is -2.26. The minimum Gasteiger partial charge on any atom is -0.334 e. The molecular formula is C25H27FN2O3S. The Morgan fingerprint density at radius 2 is 1.31 bits per heavy atom. The summed E-state index contributed by atoms with van der Waals surface area (Å²) in [6.07, 6.45) is 0.610. The molecule has 5 nitrogen and oxygen atoms in total. The van der Waals surface area contributed by atoms with Gasteiger partial charge in [0.2, 0.25) is 15.9 Å². The second kappa shape index (κ2) is 11.0. The quantitative estimate of drug-likeness (QED) is 0.455. The normalized spacial score (nSPS) is 11.5. The van der Waals surface area contributed by atoms with E-state index in [4.69, 9.17) is 0 Å². The van der Waals surface area contributed by atoms with Gasteiger partial charge >= 0.3 is 0 Å². The molecule has 0 aromatic heterocycles. The van der Waals surface area contributed by atoms with Crippen LogP contribution in [0, 0.1) is 5.82 Å². The first-order valence-electron chi connectivity index (χ1n) is 10.4. The summed E-state index contributed by atoms with van der Waals surface area (Å²) in [4.78, 5) is 14.8. The van der Waals surface area contributed by atoms with E-state index < -0.39 is 15.8 Å². The van der Waals surface area contributed by atoms with Crippen LogP contribution < -0.4 is 0 Å². The summed E-state index contributed by atoms with van der Waals surface area (Å²) in [5.41, 5.74) is 2.07. The van der Waals surface area contributed by atoms with Crippen molar-refractivity contribution in [1.82, 2.24) is 9.21 Å². The van der Waals surface area contributed by atoms with Gasteiger partial charge in [0.05, 0.1) is 4.90 Å². The molecule has 0 heterocycles. The maximum atomic E-state index is 13.1. The fourth-order valence-corrected chi connectivity index (χ4v) is 4.57. The van der Waals surface area contributed by atoms with Crippen molar-refractivity contribution in [2.75, 3.05) is 13.6 Å². The van der Waals surface area contributed by atoms with Gasteiger partial charge in [0.1, 0.15) is 5.82 Å². The van der Waals surface area contributed by atoms with Crippen molar-refractivity contribution in [3.8, 4) is 0 Å². The Balaban J connectivity index is 1.62. The molecule has 0 N–H and O–H groups in total. The number of carbonyl (C=O) groups is 1. The lowest BCUT2D eigenvalue weighted by Crippen LogP contribution is -2.32. The van der Waals surface area contributed by atoms with Crippen molar-refractivity contribution in [1.29, 1.82) is 0 Å². The van der Waals surface area contributed by atoms with Gasteiger partial charge in [-0.05, 0) is 41.8 Å². The molecule has 7 heteroatoms. The van der Waals surface area contributed by atoms with Crippen LogP contribution >= 0.6 is 0 Å². The third-order valence-corrected chi connectivity index (χ3v) is 7.04. The van der Waals surface area contributed by atoms with Crippen LogP contribution in [0.5, 0.6) is 0 Å². The molecule has 1 amide bonds. The SMILES string of the molecule is CN(CCCC(=O)N(Cc1ccccc1)Cc1ccccc1)S(=O)(=O)c1ccc(F)cc1. The second-order valence-corrected chi connectivity index (χ2v) is 9.65.